The first kappa shape index (κ1) is 11.9. The zero-order valence-electron chi connectivity index (χ0n) is 8.08. The summed E-state index contributed by atoms with van der Waals surface area (Å²) in [5.74, 6) is 0. The van der Waals surface area contributed by atoms with Crippen molar-refractivity contribution < 1.29 is 4.74 Å². The Morgan fingerprint density at radius 1 is 1.20 bits per heavy atom. The van der Waals surface area contributed by atoms with Crippen LogP contribution in [0.5, 0.6) is 0 Å². The molecule has 1 aromatic carbocycles. The molecule has 2 rings (SSSR count). The van der Waals surface area contributed by atoms with Crippen LogP contribution in [0, 0.1) is 0 Å². The minimum Gasteiger partial charge on any atom is -0.379 e. The zero-order valence-corrected chi connectivity index (χ0v) is 12.1. The Hall–Kier alpha value is 0.450. The van der Waals surface area contributed by atoms with E-state index >= 15 is 0 Å². The van der Waals surface area contributed by atoms with Crippen molar-refractivity contribution in [1.82, 2.24) is 4.31 Å². The van der Waals surface area contributed by atoms with Gasteiger partial charge in [0.15, 0.2) is 0 Å². The van der Waals surface area contributed by atoms with Crippen LogP contribution >= 0.6 is 43.8 Å². The Morgan fingerprint density at radius 2 is 1.93 bits per heavy atom. The van der Waals surface area contributed by atoms with E-state index in [1.807, 2.05) is 0 Å². The fourth-order valence-electron chi connectivity index (χ4n) is 1.33. The molecule has 5 heteroatoms. The maximum Gasteiger partial charge on any atom is 0.0603 e. The lowest BCUT2D eigenvalue weighted by Crippen LogP contribution is -2.30. The van der Waals surface area contributed by atoms with Crippen LogP contribution in [0.15, 0.2) is 32.0 Å². The molecule has 0 atom stereocenters. The highest BCUT2D eigenvalue weighted by molar-refractivity contribution is 9.11. The Bertz CT molecular complexity index is 342. The van der Waals surface area contributed by atoms with Gasteiger partial charge in [-0.1, -0.05) is 15.9 Å². The van der Waals surface area contributed by atoms with Crippen molar-refractivity contribution in [3.05, 3.63) is 27.1 Å². The number of nitrogens with zero attached hydrogens (tertiary/aromatic N) is 1. The predicted octanol–water partition coefficient (Wildman–Crippen LogP) is 3.55. The van der Waals surface area contributed by atoms with Gasteiger partial charge in [0.25, 0.3) is 0 Å². The van der Waals surface area contributed by atoms with Crippen molar-refractivity contribution in [2.45, 2.75) is 4.90 Å². The summed E-state index contributed by atoms with van der Waals surface area (Å²) in [5.41, 5.74) is 0. The minimum atomic E-state index is 0.834. The van der Waals surface area contributed by atoms with Crippen molar-refractivity contribution >= 4 is 43.8 Å². The zero-order chi connectivity index (χ0) is 10.7. The quantitative estimate of drug-likeness (QED) is 0.755. The van der Waals surface area contributed by atoms with Crippen LogP contribution in [0.3, 0.4) is 0 Å². The molecule has 2 nitrogen and oxygen atoms in total. The van der Waals surface area contributed by atoms with Crippen molar-refractivity contribution in [2.75, 3.05) is 26.3 Å². The number of hydrogen-bond donors (Lipinski definition) is 0. The van der Waals surface area contributed by atoms with Crippen LogP contribution in [-0.2, 0) is 4.74 Å². The van der Waals surface area contributed by atoms with Crippen molar-refractivity contribution in [2.24, 2.45) is 0 Å². The third-order valence-corrected chi connectivity index (χ3v) is 4.68. The average molecular weight is 353 g/mol. The predicted molar refractivity (Wildman–Crippen MR) is 70.1 cm³/mol. The lowest BCUT2D eigenvalue weighted by molar-refractivity contribution is 0.0773. The SMILES string of the molecule is Brc1ccc(SN2CCOCC2)c(Br)c1. The van der Waals surface area contributed by atoms with E-state index in [9.17, 15) is 0 Å². The molecule has 0 amide bonds. The van der Waals surface area contributed by atoms with Crippen LogP contribution < -0.4 is 0 Å². The first-order chi connectivity index (χ1) is 7.25. The van der Waals surface area contributed by atoms with E-state index in [2.05, 4.69) is 54.4 Å². The van der Waals surface area contributed by atoms with Crippen molar-refractivity contribution in [3.8, 4) is 0 Å². The highest BCUT2D eigenvalue weighted by Crippen LogP contribution is 2.32. The molecular formula is C10H11Br2NOS. The van der Waals surface area contributed by atoms with E-state index in [0.717, 1.165) is 35.2 Å². The highest BCUT2D eigenvalue weighted by Gasteiger charge is 2.13. The lowest BCUT2D eigenvalue weighted by atomic mass is 10.4. The smallest absolute Gasteiger partial charge is 0.0603 e. The standard InChI is InChI=1S/C10H11Br2NOS/c11-8-1-2-10(9(12)7-8)15-13-3-5-14-6-4-13/h1-2,7H,3-6H2. The van der Waals surface area contributed by atoms with Gasteiger partial charge in [-0.05, 0) is 46.1 Å². The van der Waals surface area contributed by atoms with Crippen LogP contribution in [0.2, 0.25) is 0 Å². The lowest BCUT2D eigenvalue weighted by Gasteiger charge is -2.25. The first-order valence-corrected chi connectivity index (χ1v) is 7.07. The van der Waals surface area contributed by atoms with Crippen LogP contribution in [0.1, 0.15) is 0 Å². The molecule has 1 saturated heterocycles. The van der Waals surface area contributed by atoms with E-state index in [4.69, 9.17) is 4.74 Å². The van der Waals surface area contributed by atoms with Gasteiger partial charge in [-0.3, -0.25) is 0 Å². The van der Waals surface area contributed by atoms with Crippen LogP contribution in [0.4, 0.5) is 0 Å². The second-order valence-electron chi connectivity index (χ2n) is 3.21. The summed E-state index contributed by atoms with van der Waals surface area (Å²) in [5, 5.41) is 0. The summed E-state index contributed by atoms with van der Waals surface area (Å²) in [7, 11) is 0. The van der Waals surface area contributed by atoms with Crippen LogP contribution in [-0.4, -0.2) is 30.6 Å². The Kier molecular flexibility index (Phi) is 4.52. The first-order valence-electron chi connectivity index (χ1n) is 4.71. The van der Waals surface area contributed by atoms with Gasteiger partial charge in [-0.2, -0.15) is 0 Å². The molecule has 1 heterocycles. The van der Waals surface area contributed by atoms with Crippen LogP contribution in [0.25, 0.3) is 0 Å². The maximum atomic E-state index is 5.31. The van der Waals surface area contributed by atoms with Gasteiger partial charge in [0.1, 0.15) is 0 Å². The molecule has 0 aromatic heterocycles. The maximum absolute atomic E-state index is 5.31. The Balaban J connectivity index is 2.03. The molecule has 1 aliphatic heterocycles. The summed E-state index contributed by atoms with van der Waals surface area (Å²) in [4.78, 5) is 1.25. The van der Waals surface area contributed by atoms with E-state index in [1.54, 1.807) is 11.9 Å². The largest absolute Gasteiger partial charge is 0.379 e. The number of morpholine rings is 1. The highest BCUT2D eigenvalue weighted by atomic mass is 79.9. The molecule has 15 heavy (non-hydrogen) atoms. The molecule has 0 saturated carbocycles. The van der Waals surface area contributed by atoms with Crippen molar-refractivity contribution in [1.29, 1.82) is 0 Å². The number of benzene rings is 1. The Morgan fingerprint density at radius 3 is 2.60 bits per heavy atom. The van der Waals surface area contributed by atoms with Gasteiger partial charge < -0.3 is 4.74 Å². The normalized spacial score (nSPS) is 18.0. The second-order valence-corrected chi connectivity index (χ2v) is 6.12. The van der Waals surface area contributed by atoms with E-state index in [0.29, 0.717) is 0 Å². The van der Waals surface area contributed by atoms with Gasteiger partial charge in [-0.15, -0.1) is 0 Å². The third kappa shape index (κ3) is 3.46. The number of halogens is 2. The van der Waals surface area contributed by atoms with Gasteiger partial charge in [0, 0.05) is 26.9 Å². The molecule has 1 aromatic rings. The Labute approximate surface area is 111 Å². The van der Waals surface area contributed by atoms with E-state index in [-0.39, 0.29) is 0 Å². The van der Waals surface area contributed by atoms with E-state index in [1.165, 1.54) is 4.90 Å². The fraction of sp³-hybridized carbons (Fsp3) is 0.400. The molecule has 0 radical (unpaired) electrons. The minimum absolute atomic E-state index is 0.834. The number of ether oxygens (including phenoxy) is 1. The topological polar surface area (TPSA) is 12.5 Å². The monoisotopic (exact) mass is 351 g/mol. The molecule has 0 aliphatic carbocycles. The molecule has 0 bridgehead atoms. The van der Waals surface area contributed by atoms with Gasteiger partial charge in [0.05, 0.1) is 13.2 Å². The summed E-state index contributed by atoms with van der Waals surface area (Å²) >= 11 is 8.80. The number of hydrogen-bond acceptors (Lipinski definition) is 3. The summed E-state index contributed by atoms with van der Waals surface area (Å²) in [6.45, 7) is 3.66. The molecule has 0 unspecified atom stereocenters. The molecule has 1 fully saturated rings. The molecular weight excluding hydrogens is 342 g/mol. The average Bonchev–Trinajstić information content (AvgIpc) is 2.24. The molecule has 1 aliphatic rings. The fourth-order valence-corrected chi connectivity index (χ4v) is 3.48. The van der Waals surface area contributed by atoms with Gasteiger partial charge in [0.2, 0.25) is 0 Å². The van der Waals surface area contributed by atoms with Gasteiger partial charge >= 0.3 is 0 Å². The van der Waals surface area contributed by atoms with Crippen molar-refractivity contribution in [3.63, 3.8) is 0 Å². The summed E-state index contributed by atoms with van der Waals surface area (Å²) in [6.07, 6.45) is 0. The summed E-state index contributed by atoms with van der Waals surface area (Å²) < 4.78 is 9.87. The molecule has 0 spiro atoms. The summed E-state index contributed by atoms with van der Waals surface area (Å²) in [6, 6.07) is 6.25. The second kappa shape index (κ2) is 5.68. The molecule has 82 valence electrons. The van der Waals surface area contributed by atoms with E-state index < -0.39 is 0 Å². The molecule has 0 N–H and O–H groups in total. The third-order valence-electron chi connectivity index (χ3n) is 2.09. The number of rotatable bonds is 2. The van der Waals surface area contributed by atoms with Gasteiger partial charge in [-0.25, -0.2) is 4.31 Å².